The van der Waals surface area contributed by atoms with E-state index >= 15 is 0 Å². The van der Waals surface area contributed by atoms with Crippen LogP contribution in [0.15, 0.2) is 78.3 Å². The maximum absolute atomic E-state index is 13.5. The molecule has 0 radical (unpaired) electrons. The SMILES string of the molecule is CC(=O)Nc1ccc(C=CC(=O)N2C(C)=C(OCc3c(Cl)ccc(N(C)C(=O)CN)c3Cl)Nc3ccccc32)cc1. The number of rotatable bonds is 8. The minimum absolute atomic E-state index is 0.0312. The first kappa shape index (κ1) is 29.7. The largest absolute Gasteiger partial charge is 0.473 e. The Labute approximate surface area is 248 Å². The van der Waals surface area contributed by atoms with Gasteiger partial charge in [0.05, 0.1) is 34.3 Å². The number of carbonyl (C=O) groups excluding carboxylic acids is 3. The van der Waals surface area contributed by atoms with Gasteiger partial charge in [0.25, 0.3) is 5.91 Å². The monoisotopic (exact) mass is 593 g/mol. The van der Waals surface area contributed by atoms with Crippen molar-refractivity contribution in [1.82, 2.24) is 0 Å². The Hall–Kier alpha value is -4.31. The number of halogens is 2. The van der Waals surface area contributed by atoms with Crippen molar-refractivity contribution in [2.75, 3.05) is 34.0 Å². The molecular formula is C30H29Cl2N5O4. The highest BCUT2D eigenvalue weighted by Crippen LogP contribution is 2.38. The predicted octanol–water partition coefficient (Wildman–Crippen LogP) is 5.75. The van der Waals surface area contributed by atoms with Gasteiger partial charge >= 0.3 is 0 Å². The van der Waals surface area contributed by atoms with E-state index in [1.54, 1.807) is 61.3 Å². The van der Waals surface area contributed by atoms with Crippen LogP contribution in [0.3, 0.4) is 0 Å². The summed E-state index contributed by atoms with van der Waals surface area (Å²) in [5.41, 5.74) is 9.74. The maximum Gasteiger partial charge on any atom is 0.255 e. The smallest absolute Gasteiger partial charge is 0.255 e. The summed E-state index contributed by atoms with van der Waals surface area (Å²) >= 11 is 13.1. The van der Waals surface area contributed by atoms with Gasteiger partial charge in [0, 0.05) is 36.3 Å². The standard InChI is InChI=1S/C30H29Cl2N5O4/c1-18-30(41-17-22-23(31)13-14-26(29(22)32)36(3)28(40)16-33)35-24-6-4-5-7-25(24)37(18)27(39)15-10-20-8-11-21(12-9-20)34-19(2)38/h4-15,35H,16-17,33H2,1-3H3,(H,34,38). The van der Waals surface area contributed by atoms with Crippen molar-refractivity contribution in [3.8, 4) is 0 Å². The molecular weight excluding hydrogens is 565 g/mol. The fraction of sp³-hybridized carbons (Fsp3) is 0.167. The Bertz CT molecular complexity index is 1550. The number of para-hydroxylation sites is 2. The van der Waals surface area contributed by atoms with E-state index in [9.17, 15) is 14.4 Å². The van der Waals surface area contributed by atoms with Crippen molar-refractivity contribution in [3.05, 3.63) is 99.5 Å². The molecule has 4 N–H and O–H groups in total. The summed E-state index contributed by atoms with van der Waals surface area (Å²) in [4.78, 5) is 39.8. The molecule has 0 saturated heterocycles. The fourth-order valence-corrected chi connectivity index (χ4v) is 4.82. The molecule has 4 rings (SSSR count). The molecule has 0 spiro atoms. The number of amides is 3. The van der Waals surface area contributed by atoms with E-state index in [1.807, 2.05) is 24.3 Å². The van der Waals surface area contributed by atoms with Gasteiger partial charge in [0.15, 0.2) is 0 Å². The second-order valence-corrected chi connectivity index (χ2v) is 9.96. The molecule has 0 atom stereocenters. The Balaban J connectivity index is 1.59. The Morgan fingerprint density at radius 1 is 1.07 bits per heavy atom. The highest BCUT2D eigenvalue weighted by atomic mass is 35.5. The van der Waals surface area contributed by atoms with Crippen molar-refractivity contribution in [3.63, 3.8) is 0 Å². The van der Waals surface area contributed by atoms with E-state index in [1.165, 1.54) is 17.9 Å². The summed E-state index contributed by atoms with van der Waals surface area (Å²) in [5, 5.41) is 6.58. The van der Waals surface area contributed by atoms with Crippen LogP contribution in [0, 0.1) is 0 Å². The first-order valence-electron chi connectivity index (χ1n) is 12.6. The normalized spacial score (nSPS) is 12.6. The minimum Gasteiger partial charge on any atom is -0.473 e. The van der Waals surface area contributed by atoms with E-state index in [2.05, 4.69) is 10.6 Å². The Morgan fingerprint density at radius 2 is 1.78 bits per heavy atom. The van der Waals surface area contributed by atoms with Gasteiger partial charge in [0.1, 0.15) is 6.61 Å². The third kappa shape index (κ3) is 6.71. The number of fused-ring (bicyclic) bond motifs is 1. The molecule has 0 aromatic heterocycles. The molecule has 1 aliphatic rings. The lowest BCUT2D eigenvalue weighted by atomic mass is 10.1. The highest BCUT2D eigenvalue weighted by Gasteiger charge is 2.28. The van der Waals surface area contributed by atoms with Crippen molar-refractivity contribution in [2.45, 2.75) is 20.5 Å². The summed E-state index contributed by atoms with van der Waals surface area (Å²) in [7, 11) is 1.58. The van der Waals surface area contributed by atoms with Gasteiger partial charge in [-0.05, 0) is 55.0 Å². The van der Waals surface area contributed by atoms with Crippen molar-refractivity contribution >= 4 is 69.7 Å². The molecule has 0 bridgehead atoms. The summed E-state index contributed by atoms with van der Waals surface area (Å²) in [6, 6.07) is 17.8. The zero-order valence-electron chi connectivity index (χ0n) is 22.7. The summed E-state index contributed by atoms with van der Waals surface area (Å²) in [6.07, 6.45) is 3.17. The van der Waals surface area contributed by atoms with Crippen molar-refractivity contribution in [1.29, 1.82) is 0 Å². The predicted molar refractivity (Wildman–Crippen MR) is 164 cm³/mol. The fourth-order valence-electron chi connectivity index (χ4n) is 4.21. The number of carbonyl (C=O) groups is 3. The molecule has 0 fully saturated rings. The number of nitrogens with one attached hydrogen (secondary N) is 2. The van der Waals surface area contributed by atoms with E-state index in [4.69, 9.17) is 33.7 Å². The number of hydrogen-bond acceptors (Lipinski definition) is 6. The van der Waals surface area contributed by atoms with Crippen LogP contribution in [0.2, 0.25) is 10.0 Å². The van der Waals surface area contributed by atoms with Crippen LogP contribution in [-0.4, -0.2) is 31.3 Å². The molecule has 11 heteroatoms. The lowest BCUT2D eigenvalue weighted by Gasteiger charge is -2.32. The van der Waals surface area contributed by atoms with Crippen LogP contribution in [0.5, 0.6) is 0 Å². The first-order chi connectivity index (χ1) is 19.6. The molecule has 212 valence electrons. The average Bonchev–Trinajstić information content (AvgIpc) is 2.95. The first-order valence-corrected chi connectivity index (χ1v) is 13.4. The van der Waals surface area contributed by atoms with Crippen LogP contribution >= 0.6 is 23.2 Å². The van der Waals surface area contributed by atoms with Gasteiger partial charge in [-0.15, -0.1) is 0 Å². The minimum atomic E-state index is -0.309. The Kier molecular flexibility index (Phi) is 9.34. The maximum atomic E-state index is 13.5. The summed E-state index contributed by atoms with van der Waals surface area (Å²) in [5.74, 6) is -0.416. The van der Waals surface area contributed by atoms with Gasteiger partial charge < -0.3 is 26.0 Å². The van der Waals surface area contributed by atoms with E-state index in [0.717, 1.165) is 5.56 Å². The number of likely N-dealkylation sites (N-methyl/N-ethyl adjacent to an activating group) is 1. The lowest BCUT2D eigenvalue weighted by molar-refractivity contribution is -0.117. The van der Waals surface area contributed by atoms with Gasteiger partial charge in [0.2, 0.25) is 17.7 Å². The lowest BCUT2D eigenvalue weighted by Crippen LogP contribution is -2.34. The van der Waals surface area contributed by atoms with E-state index in [0.29, 0.717) is 44.9 Å². The summed E-state index contributed by atoms with van der Waals surface area (Å²) in [6.45, 7) is 3.00. The quantitative estimate of drug-likeness (QED) is 0.286. The number of benzene rings is 3. The van der Waals surface area contributed by atoms with Crippen LogP contribution in [0.25, 0.3) is 6.08 Å². The third-order valence-corrected chi connectivity index (χ3v) is 7.14. The number of anilines is 4. The molecule has 3 amide bonds. The zero-order valence-corrected chi connectivity index (χ0v) is 24.2. The molecule has 1 aliphatic heterocycles. The average molecular weight is 594 g/mol. The molecule has 3 aromatic carbocycles. The van der Waals surface area contributed by atoms with Gasteiger partial charge in [-0.1, -0.05) is 47.5 Å². The van der Waals surface area contributed by atoms with E-state index < -0.39 is 0 Å². The Morgan fingerprint density at radius 3 is 2.46 bits per heavy atom. The molecule has 41 heavy (non-hydrogen) atoms. The van der Waals surface area contributed by atoms with Crippen LogP contribution in [0.4, 0.5) is 22.7 Å². The molecule has 9 nitrogen and oxygen atoms in total. The number of ether oxygens (including phenoxy) is 1. The molecule has 3 aromatic rings. The number of nitrogens with two attached hydrogens (primary N) is 1. The second-order valence-electron chi connectivity index (χ2n) is 9.17. The van der Waals surface area contributed by atoms with E-state index in [-0.39, 0.29) is 35.9 Å². The van der Waals surface area contributed by atoms with Crippen LogP contribution in [0.1, 0.15) is 25.0 Å². The van der Waals surface area contributed by atoms with Gasteiger partial charge in [-0.25, -0.2) is 0 Å². The van der Waals surface area contributed by atoms with Crippen LogP contribution < -0.4 is 26.2 Å². The molecule has 1 heterocycles. The molecule has 0 saturated carbocycles. The van der Waals surface area contributed by atoms with Crippen molar-refractivity contribution in [2.24, 2.45) is 5.73 Å². The zero-order chi connectivity index (χ0) is 29.7. The summed E-state index contributed by atoms with van der Waals surface area (Å²) < 4.78 is 6.13. The number of allylic oxidation sites excluding steroid dienone is 1. The molecule has 0 unspecified atom stereocenters. The number of nitrogens with zero attached hydrogens (tertiary/aromatic N) is 2. The topological polar surface area (TPSA) is 117 Å². The molecule has 0 aliphatic carbocycles. The third-order valence-electron chi connectivity index (χ3n) is 6.36. The van der Waals surface area contributed by atoms with Gasteiger partial charge in [-0.3, -0.25) is 19.3 Å². The second kappa shape index (κ2) is 12.9. The van der Waals surface area contributed by atoms with Crippen LogP contribution in [-0.2, 0) is 25.7 Å². The number of hydrogen-bond donors (Lipinski definition) is 3. The highest BCUT2D eigenvalue weighted by molar-refractivity contribution is 6.38. The van der Waals surface area contributed by atoms with Gasteiger partial charge in [-0.2, -0.15) is 0 Å². The van der Waals surface area contributed by atoms with Crippen molar-refractivity contribution < 1.29 is 19.1 Å².